The van der Waals surface area contributed by atoms with Gasteiger partial charge in [-0.25, -0.2) is 4.98 Å². The lowest BCUT2D eigenvalue weighted by Gasteiger charge is -2.13. The largest absolute Gasteiger partial charge is 0.369 e. The molecule has 1 aromatic carbocycles. The van der Waals surface area contributed by atoms with Crippen LogP contribution in [0, 0.1) is 5.92 Å². The SMILES string of the molecule is NC(=O)[C@@H](CC(=O)NCCCc1ncc[nH]1)Cc1ccccc1. The molecule has 0 radical (unpaired) electrons. The van der Waals surface area contributed by atoms with Crippen LogP contribution < -0.4 is 11.1 Å². The molecule has 1 heterocycles. The summed E-state index contributed by atoms with van der Waals surface area (Å²) in [5, 5.41) is 2.83. The fourth-order valence-electron chi connectivity index (χ4n) is 2.39. The van der Waals surface area contributed by atoms with E-state index in [1.165, 1.54) is 0 Å². The fourth-order valence-corrected chi connectivity index (χ4v) is 2.39. The Bertz CT molecular complexity index is 611. The summed E-state index contributed by atoms with van der Waals surface area (Å²) in [6.07, 6.45) is 5.64. The molecule has 0 spiro atoms. The molecule has 0 aliphatic heterocycles. The van der Waals surface area contributed by atoms with Gasteiger partial charge < -0.3 is 16.0 Å². The number of nitrogens with two attached hydrogens (primary N) is 1. The number of imidazole rings is 1. The van der Waals surface area contributed by atoms with E-state index in [2.05, 4.69) is 15.3 Å². The smallest absolute Gasteiger partial charge is 0.221 e. The Morgan fingerprint density at radius 1 is 1.26 bits per heavy atom. The third kappa shape index (κ3) is 5.94. The number of H-pyrrole nitrogens is 1. The first-order chi connectivity index (χ1) is 11.1. The van der Waals surface area contributed by atoms with Crippen LogP contribution >= 0.6 is 0 Å². The van der Waals surface area contributed by atoms with E-state index in [0.717, 1.165) is 24.2 Å². The van der Waals surface area contributed by atoms with Gasteiger partial charge in [0.2, 0.25) is 11.8 Å². The number of primary amides is 1. The van der Waals surface area contributed by atoms with Crippen molar-refractivity contribution >= 4 is 11.8 Å². The van der Waals surface area contributed by atoms with Crippen LogP contribution in [0.3, 0.4) is 0 Å². The second kappa shape index (κ2) is 8.73. The summed E-state index contributed by atoms with van der Waals surface area (Å²) in [6, 6.07) is 9.58. The molecule has 0 bridgehead atoms. The van der Waals surface area contributed by atoms with Crippen molar-refractivity contribution in [2.24, 2.45) is 11.7 Å². The maximum atomic E-state index is 12.0. The van der Waals surface area contributed by atoms with Crippen molar-refractivity contribution in [2.45, 2.75) is 25.7 Å². The molecular weight excluding hydrogens is 292 g/mol. The van der Waals surface area contributed by atoms with E-state index in [4.69, 9.17) is 5.73 Å². The number of aryl methyl sites for hydroxylation is 1. The molecule has 1 atom stereocenters. The van der Waals surface area contributed by atoms with Crippen molar-refractivity contribution in [1.29, 1.82) is 0 Å². The average Bonchev–Trinajstić information content (AvgIpc) is 3.05. The molecular formula is C17H22N4O2. The number of nitrogens with zero attached hydrogens (tertiary/aromatic N) is 1. The minimum absolute atomic E-state index is 0.116. The molecule has 0 aliphatic carbocycles. The predicted molar refractivity (Wildman–Crippen MR) is 87.4 cm³/mol. The van der Waals surface area contributed by atoms with Gasteiger partial charge >= 0.3 is 0 Å². The van der Waals surface area contributed by atoms with Crippen LogP contribution in [0.1, 0.15) is 24.2 Å². The number of aromatic nitrogens is 2. The third-order valence-corrected chi connectivity index (χ3v) is 3.63. The van der Waals surface area contributed by atoms with Gasteiger partial charge in [-0.15, -0.1) is 0 Å². The van der Waals surface area contributed by atoms with Gasteiger partial charge in [0.1, 0.15) is 5.82 Å². The zero-order valence-electron chi connectivity index (χ0n) is 13.0. The van der Waals surface area contributed by atoms with Gasteiger partial charge in [0, 0.05) is 31.8 Å². The summed E-state index contributed by atoms with van der Waals surface area (Å²) >= 11 is 0. The first kappa shape index (κ1) is 16.7. The second-order valence-electron chi connectivity index (χ2n) is 5.48. The van der Waals surface area contributed by atoms with Crippen LogP contribution in [-0.4, -0.2) is 28.3 Å². The van der Waals surface area contributed by atoms with Gasteiger partial charge in [0.05, 0.1) is 5.92 Å². The standard InChI is InChI=1S/C17H22N4O2/c18-17(23)14(11-13-5-2-1-3-6-13)12-16(22)21-8-4-7-15-19-9-10-20-15/h1-3,5-6,9-10,14H,4,7-8,11-12H2,(H2,18,23)(H,19,20)(H,21,22)/t14-/m1/s1. The average molecular weight is 314 g/mol. The zero-order valence-corrected chi connectivity index (χ0v) is 13.0. The molecule has 2 rings (SSSR count). The molecule has 0 fully saturated rings. The molecule has 2 amide bonds. The van der Waals surface area contributed by atoms with Crippen molar-refractivity contribution < 1.29 is 9.59 Å². The molecule has 0 unspecified atom stereocenters. The van der Waals surface area contributed by atoms with E-state index in [9.17, 15) is 9.59 Å². The number of carbonyl (C=O) groups excluding carboxylic acids is 2. The number of aromatic amines is 1. The van der Waals surface area contributed by atoms with Gasteiger partial charge in [-0.05, 0) is 18.4 Å². The highest BCUT2D eigenvalue weighted by Gasteiger charge is 2.19. The normalized spacial score (nSPS) is 11.8. The maximum Gasteiger partial charge on any atom is 0.221 e. The van der Waals surface area contributed by atoms with E-state index in [-0.39, 0.29) is 12.3 Å². The number of rotatable bonds is 9. The molecule has 2 aromatic rings. The van der Waals surface area contributed by atoms with Crippen LogP contribution in [0.5, 0.6) is 0 Å². The monoisotopic (exact) mass is 314 g/mol. The summed E-state index contributed by atoms with van der Waals surface area (Å²) in [5.41, 5.74) is 6.42. The van der Waals surface area contributed by atoms with Crippen LogP contribution in [0.25, 0.3) is 0 Å². The fraction of sp³-hybridized carbons (Fsp3) is 0.353. The van der Waals surface area contributed by atoms with Gasteiger partial charge in [-0.2, -0.15) is 0 Å². The minimum atomic E-state index is -0.484. The van der Waals surface area contributed by atoms with Crippen LogP contribution in [0.15, 0.2) is 42.7 Å². The van der Waals surface area contributed by atoms with E-state index in [0.29, 0.717) is 13.0 Å². The number of hydrogen-bond acceptors (Lipinski definition) is 3. The van der Waals surface area contributed by atoms with Crippen molar-refractivity contribution in [1.82, 2.24) is 15.3 Å². The summed E-state index contributed by atoms with van der Waals surface area (Å²) in [5.74, 6) is -0.176. The summed E-state index contributed by atoms with van der Waals surface area (Å²) in [6.45, 7) is 0.552. The lowest BCUT2D eigenvalue weighted by Crippen LogP contribution is -2.33. The molecule has 0 saturated carbocycles. The minimum Gasteiger partial charge on any atom is -0.369 e. The summed E-state index contributed by atoms with van der Waals surface area (Å²) < 4.78 is 0. The number of hydrogen-bond donors (Lipinski definition) is 3. The Labute approximate surface area is 135 Å². The topological polar surface area (TPSA) is 101 Å². The van der Waals surface area contributed by atoms with Crippen molar-refractivity contribution in [3.8, 4) is 0 Å². The lowest BCUT2D eigenvalue weighted by molar-refractivity contribution is -0.128. The maximum absolute atomic E-state index is 12.0. The van der Waals surface area contributed by atoms with Gasteiger partial charge in [0.25, 0.3) is 0 Å². The van der Waals surface area contributed by atoms with E-state index in [1.807, 2.05) is 30.3 Å². The zero-order chi connectivity index (χ0) is 16.5. The van der Waals surface area contributed by atoms with Crippen molar-refractivity contribution in [2.75, 3.05) is 6.54 Å². The van der Waals surface area contributed by atoms with Gasteiger partial charge in [-0.3, -0.25) is 9.59 Å². The second-order valence-corrected chi connectivity index (χ2v) is 5.48. The predicted octanol–water partition coefficient (Wildman–Crippen LogP) is 1.19. The molecule has 0 aliphatic rings. The number of nitrogens with one attached hydrogen (secondary N) is 2. The van der Waals surface area contributed by atoms with E-state index >= 15 is 0 Å². The number of carbonyl (C=O) groups is 2. The molecule has 6 nitrogen and oxygen atoms in total. The van der Waals surface area contributed by atoms with Crippen LogP contribution in [-0.2, 0) is 22.4 Å². The lowest BCUT2D eigenvalue weighted by atomic mass is 9.95. The van der Waals surface area contributed by atoms with E-state index < -0.39 is 11.8 Å². The quantitative estimate of drug-likeness (QED) is 0.606. The molecule has 0 saturated heterocycles. The molecule has 6 heteroatoms. The highest BCUT2D eigenvalue weighted by atomic mass is 16.2. The Morgan fingerprint density at radius 3 is 2.70 bits per heavy atom. The Balaban J connectivity index is 1.73. The highest BCUT2D eigenvalue weighted by Crippen LogP contribution is 2.12. The Hall–Kier alpha value is -2.63. The van der Waals surface area contributed by atoms with Crippen molar-refractivity contribution in [3.63, 3.8) is 0 Å². The highest BCUT2D eigenvalue weighted by molar-refractivity contribution is 5.85. The number of amides is 2. The van der Waals surface area contributed by atoms with Crippen LogP contribution in [0.2, 0.25) is 0 Å². The summed E-state index contributed by atoms with van der Waals surface area (Å²) in [7, 11) is 0. The molecule has 23 heavy (non-hydrogen) atoms. The molecule has 122 valence electrons. The van der Waals surface area contributed by atoms with Gasteiger partial charge in [-0.1, -0.05) is 30.3 Å². The first-order valence-electron chi connectivity index (χ1n) is 7.73. The molecule has 4 N–H and O–H groups in total. The van der Waals surface area contributed by atoms with Crippen molar-refractivity contribution in [3.05, 3.63) is 54.1 Å². The number of benzene rings is 1. The van der Waals surface area contributed by atoms with Crippen LogP contribution in [0.4, 0.5) is 0 Å². The van der Waals surface area contributed by atoms with Gasteiger partial charge in [0.15, 0.2) is 0 Å². The summed E-state index contributed by atoms with van der Waals surface area (Å²) in [4.78, 5) is 30.7. The first-order valence-corrected chi connectivity index (χ1v) is 7.73. The molecule has 1 aromatic heterocycles. The Kier molecular flexibility index (Phi) is 6.35. The van der Waals surface area contributed by atoms with E-state index in [1.54, 1.807) is 12.4 Å². The Morgan fingerprint density at radius 2 is 2.04 bits per heavy atom. The third-order valence-electron chi connectivity index (χ3n) is 3.63.